The molecular formula is C18H25N3O3. The van der Waals surface area contributed by atoms with Crippen LogP contribution in [0.2, 0.25) is 0 Å². The highest BCUT2D eigenvalue weighted by molar-refractivity contribution is 5.67. The summed E-state index contributed by atoms with van der Waals surface area (Å²) in [6, 6.07) is 6.06. The van der Waals surface area contributed by atoms with Crippen LogP contribution in [-0.4, -0.2) is 36.4 Å². The third kappa shape index (κ3) is 5.09. The second kappa shape index (κ2) is 8.49. The van der Waals surface area contributed by atoms with Gasteiger partial charge in [0.1, 0.15) is 0 Å². The number of aromatic nitrogens is 2. The summed E-state index contributed by atoms with van der Waals surface area (Å²) in [5.41, 5.74) is 0.964. The first-order valence-corrected chi connectivity index (χ1v) is 8.04. The van der Waals surface area contributed by atoms with Crippen LogP contribution in [0.15, 0.2) is 22.7 Å². The van der Waals surface area contributed by atoms with E-state index in [1.54, 1.807) is 13.2 Å². The average molecular weight is 331 g/mol. The van der Waals surface area contributed by atoms with Crippen molar-refractivity contribution in [3.05, 3.63) is 35.5 Å². The van der Waals surface area contributed by atoms with Crippen molar-refractivity contribution in [2.45, 2.75) is 39.3 Å². The summed E-state index contributed by atoms with van der Waals surface area (Å²) in [5.74, 6) is 2.59. The molecule has 1 aromatic carbocycles. The van der Waals surface area contributed by atoms with Crippen LogP contribution in [-0.2, 0) is 6.42 Å². The first-order chi connectivity index (χ1) is 11.5. The maximum Gasteiger partial charge on any atom is 0.250 e. The summed E-state index contributed by atoms with van der Waals surface area (Å²) in [7, 11) is 3.54. The molecule has 0 aliphatic heterocycles. The molecule has 1 N–H and O–H groups in total. The molecule has 0 saturated carbocycles. The molecule has 0 fully saturated rings. The van der Waals surface area contributed by atoms with E-state index in [2.05, 4.69) is 22.4 Å². The van der Waals surface area contributed by atoms with Crippen LogP contribution in [0.25, 0.3) is 12.2 Å². The number of likely N-dealkylation sites (N-methyl/N-ethyl adjacent to an activating group) is 1. The van der Waals surface area contributed by atoms with E-state index in [1.165, 1.54) is 0 Å². The van der Waals surface area contributed by atoms with E-state index < -0.39 is 0 Å². The van der Waals surface area contributed by atoms with E-state index in [1.807, 2.05) is 45.2 Å². The van der Waals surface area contributed by atoms with Gasteiger partial charge in [-0.05, 0) is 51.6 Å². The molecule has 1 aromatic heterocycles. The highest BCUT2D eigenvalue weighted by atomic mass is 16.5. The Morgan fingerprint density at radius 3 is 2.67 bits per heavy atom. The molecule has 2 aromatic rings. The van der Waals surface area contributed by atoms with Crippen molar-refractivity contribution in [1.29, 1.82) is 0 Å². The topological polar surface area (TPSA) is 69.4 Å². The highest BCUT2D eigenvalue weighted by Crippen LogP contribution is 2.29. The minimum Gasteiger partial charge on any atom is -0.493 e. The molecule has 1 heterocycles. The molecule has 130 valence electrons. The number of benzene rings is 1. The fourth-order valence-corrected chi connectivity index (χ4v) is 2.10. The lowest BCUT2D eigenvalue weighted by atomic mass is 10.2. The van der Waals surface area contributed by atoms with E-state index in [0.29, 0.717) is 23.5 Å². The number of ether oxygens (including phenoxy) is 2. The number of hydrogen-bond donors (Lipinski definition) is 1. The Balaban J connectivity index is 2.08. The standard InChI is InChI=1S/C18H25N3O3/c1-12(2)23-15-8-6-14(11-16(15)22-5)7-9-18-20-17(21-24-18)10-13(3)19-4/h6-9,11-13,19H,10H2,1-5H3/b9-7+. The number of methoxy groups -OCH3 is 1. The van der Waals surface area contributed by atoms with Gasteiger partial charge in [-0.1, -0.05) is 11.2 Å². The maximum atomic E-state index is 5.71. The van der Waals surface area contributed by atoms with Crippen molar-refractivity contribution in [1.82, 2.24) is 15.5 Å². The van der Waals surface area contributed by atoms with Gasteiger partial charge in [-0.2, -0.15) is 4.98 Å². The lowest BCUT2D eigenvalue weighted by Gasteiger charge is -2.13. The van der Waals surface area contributed by atoms with Crippen molar-refractivity contribution in [2.24, 2.45) is 0 Å². The van der Waals surface area contributed by atoms with Crippen LogP contribution in [0.5, 0.6) is 11.5 Å². The van der Waals surface area contributed by atoms with Crippen LogP contribution in [0.1, 0.15) is 38.0 Å². The predicted octanol–water partition coefficient (Wildman–Crippen LogP) is 3.19. The molecule has 0 aliphatic rings. The van der Waals surface area contributed by atoms with Crippen molar-refractivity contribution in [3.8, 4) is 11.5 Å². The zero-order valence-corrected chi connectivity index (χ0v) is 14.9. The fraction of sp³-hybridized carbons (Fsp3) is 0.444. The van der Waals surface area contributed by atoms with Gasteiger partial charge in [0.2, 0.25) is 0 Å². The minimum atomic E-state index is 0.0945. The van der Waals surface area contributed by atoms with Gasteiger partial charge in [-0.15, -0.1) is 0 Å². The van der Waals surface area contributed by atoms with Gasteiger partial charge in [0, 0.05) is 18.5 Å². The molecule has 0 radical (unpaired) electrons. The van der Waals surface area contributed by atoms with E-state index in [4.69, 9.17) is 14.0 Å². The fourth-order valence-electron chi connectivity index (χ4n) is 2.10. The highest BCUT2D eigenvalue weighted by Gasteiger charge is 2.09. The minimum absolute atomic E-state index is 0.0945. The van der Waals surface area contributed by atoms with Gasteiger partial charge in [-0.25, -0.2) is 0 Å². The van der Waals surface area contributed by atoms with Gasteiger partial charge in [0.15, 0.2) is 17.3 Å². The Morgan fingerprint density at radius 2 is 2.00 bits per heavy atom. The molecule has 0 amide bonds. The van der Waals surface area contributed by atoms with E-state index in [0.717, 1.165) is 17.7 Å². The number of hydrogen-bond acceptors (Lipinski definition) is 6. The first-order valence-electron chi connectivity index (χ1n) is 8.04. The zero-order chi connectivity index (χ0) is 17.5. The Bertz CT molecular complexity index is 680. The van der Waals surface area contributed by atoms with Gasteiger partial charge in [0.05, 0.1) is 13.2 Å². The second-order valence-corrected chi connectivity index (χ2v) is 5.85. The van der Waals surface area contributed by atoms with Crippen LogP contribution in [0.3, 0.4) is 0 Å². The average Bonchev–Trinajstić information content (AvgIpc) is 3.00. The maximum absolute atomic E-state index is 5.71. The molecule has 6 nitrogen and oxygen atoms in total. The molecule has 0 saturated heterocycles. The van der Waals surface area contributed by atoms with Crippen LogP contribution in [0, 0.1) is 0 Å². The molecule has 0 aliphatic carbocycles. The van der Waals surface area contributed by atoms with Crippen molar-refractivity contribution in [3.63, 3.8) is 0 Å². The summed E-state index contributed by atoms with van der Waals surface area (Å²) < 4.78 is 16.3. The van der Waals surface area contributed by atoms with Crippen LogP contribution in [0.4, 0.5) is 0 Å². The van der Waals surface area contributed by atoms with Gasteiger partial charge in [0.25, 0.3) is 5.89 Å². The van der Waals surface area contributed by atoms with Crippen LogP contribution < -0.4 is 14.8 Å². The summed E-state index contributed by atoms with van der Waals surface area (Å²) >= 11 is 0. The van der Waals surface area contributed by atoms with E-state index in [9.17, 15) is 0 Å². The van der Waals surface area contributed by atoms with E-state index in [-0.39, 0.29) is 6.10 Å². The van der Waals surface area contributed by atoms with Crippen molar-refractivity contribution < 1.29 is 14.0 Å². The first kappa shape index (κ1) is 18.0. The molecule has 0 spiro atoms. The summed E-state index contributed by atoms with van der Waals surface area (Å²) in [6.45, 7) is 6.03. The van der Waals surface area contributed by atoms with Gasteiger partial charge >= 0.3 is 0 Å². The third-order valence-electron chi connectivity index (χ3n) is 3.43. The predicted molar refractivity (Wildman–Crippen MR) is 94.2 cm³/mol. The second-order valence-electron chi connectivity index (χ2n) is 5.85. The van der Waals surface area contributed by atoms with Crippen molar-refractivity contribution >= 4 is 12.2 Å². The molecule has 1 atom stereocenters. The molecule has 6 heteroatoms. The monoisotopic (exact) mass is 331 g/mol. The largest absolute Gasteiger partial charge is 0.493 e. The van der Waals surface area contributed by atoms with Gasteiger partial charge < -0.3 is 19.3 Å². The number of nitrogens with one attached hydrogen (secondary N) is 1. The normalized spacial score (nSPS) is 12.8. The smallest absolute Gasteiger partial charge is 0.250 e. The molecule has 1 unspecified atom stereocenters. The quantitative estimate of drug-likeness (QED) is 0.801. The molecule has 24 heavy (non-hydrogen) atoms. The summed E-state index contributed by atoms with van der Waals surface area (Å²) in [6.07, 6.45) is 4.51. The van der Waals surface area contributed by atoms with Crippen molar-refractivity contribution in [2.75, 3.05) is 14.2 Å². The SMILES string of the molecule is CNC(C)Cc1noc(/C=C/c2ccc(OC(C)C)c(OC)c2)n1. The lowest BCUT2D eigenvalue weighted by Crippen LogP contribution is -2.24. The lowest BCUT2D eigenvalue weighted by molar-refractivity contribution is 0.230. The molecular weight excluding hydrogens is 306 g/mol. The molecule has 0 bridgehead atoms. The number of rotatable bonds is 8. The summed E-state index contributed by atoms with van der Waals surface area (Å²) in [4.78, 5) is 4.35. The summed E-state index contributed by atoms with van der Waals surface area (Å²) in [5, 5.41) is 7.12. The Hall–Kier alpha value is -2.34. The zero-order valence-electron chi connectivity index (χ0n) is 14.9. The Morgan fingerprint density at radius 1 is 1.21 bits per heavy atom. The van der Waals surface area contributed by atoms with E-state index >= 15 is 0 Å². The Kier molecular flexibility index (Phi) is 6.37. The Labute approximate surface area is 142 Å². The van der Waals surface area contributed by atoms with Crippen LogP contribution >= 0.6 is 0 Å². The number of nitrogens with zero attached hydrogens (tertiary/aromatic N) is 2. The van der Waals surface area contributed by atoms with Gasteiger partial charge in [-0.3, -0.25) is 0 Å². The molecule has 2 rings (SSSR count). The third-order valence-corrected chi connectivity index (χ3v) is 3.43.